The van der Waals surface area contributed by atoms with Gasteiger partial charge in [-0.3, -0.25) is 4.79 Å². The van der Waals surface area contributed by atoms with Crippen molar-refractivity contribution in [2.75, 3.05) is 0 Å². The van der Waals surface area contributed by atoms with Crippen LogP contribution in [0.3, 0.4) is 0 Å². The summed E-state index contributed by atoms with van der Waals surface area (Å²) in [5.41, 5.74) is 2.44. The van der Waals surface area contributed by atoms with Crippen LogP contribution in [0.4, 0.5) is 0 Å². The third-order valence-electron chi connectivity index (χ3n) is 11.1. The Labute approximate surface area is 366 Å². The van der Waals surface area contributed by atoms with E-state index in [4.69, 9.17) is 27.1 Å². The van der Waals surface area contributed by atoms with E-state index in [9.17, 15) is 0 Å². The lowest BCUT2D eigenvalue weighted by Gasteiger charge is -2.26. The second kappa shape index (κ2) is 16.8. The van der Waals surface area contributed by atoms with E-state index in [2.05, 4.69) is 0 Å². The monoisotopic (exact) mass is 858 g/mol. The van der Waals surface area contributed by atoms with Crippen molar-refractivity contribution in [3.8, 4) is 34.5 Å². The molecule has 1 aliphatic rings. The fourth-order valence-electron chi connectivity index (χ4n) is 8.14. The number of fused-ring (bicyclic) bond motifs is 6. The molecule has 0 saturated heterocycles. The van der Waals surface area contributed by atoms with E-state index in [0.29, 0.717) is 52.0 Å². The van der Waals surface area contributed by atoms with Gasteiger partial charge in [0.2, 0.25) is 5.78 Å². The van der Waals surface area contributed by atoms with Crippen molar-refractivity contribution in [3.05, 3.63) is 229 Å². The highest BCUT2D eigenvalue weighted by Gasteiger charge is 2.34. The normalized spacial score (nSPS) is 12.1. The Balaban J connectivity index is 0.962. The zero-order valence-electron chi connectivity index (χ0n) is 33.6. The quantitative estimate of drug-likeness (QED) is 0.113. The molecule has 304 valence electrons. The highest BCUT2D eigenvalue weighted by atomic mass is 31.2. The maximum absolute atomic E-state index is 15.1. The van der Waals surface area contributed by atoms with Crippen LogP contribution in [-0.2, 0) is 6.42 Å². The molecule has 0 spiro atoms. The van der Waals surface area contributed by atoms with Crippen LogP contribution in [0.1, 0.15) is 27.0 Å². The summed E-state index contributed by atoms with van der Waals surface area (Å²) in [5, 5.41) is 7.70. The van der Waals surface area contributed by atoms with Gasteiger partial charge in [0, 0.05) is 21.5 Å². The van der Waals surface area contributed by atoms with Gasteiger partial charge >= 0.3 is 17.2 Å². The lowest BCUT2D eigenvalue weighted by atomic mass is 9.84. The molecule has 63 heavy (non-hydrogen) atoms. The number of hydrogen-bond acceptors (Lipinski definition) is 7. The van der Waals surface area contributed by atoms with Crippen LogP contribution in [0.2, 0.25) is 0 Å². The van der Waals surface area contributed by atoms with Gasteiger partial charge in [0.15, 0.2) is 0 Å². The minimum atomic E-state index is -2.17. The van der Waals surface area contributed by atoms with Crippen molar-refractivity contribution in [2.45, 2.75) is 6.42 Å². The van der Waals surface area contributed by atoms with E-state index in [0.717, 1.165) is 54.2 Å². The lowest BCUT2D eigenvalue weighted by molar-refractivity contribution is 0.103. The Kier molecular flexibility index (Phi) is 10.3. The van der Waals surface area contributed by atoms with Crippen molar-refractivity contribution < 1.29 is 31.9 Å². The summed E-state index contributed by atoms with van der Waals surface area (Å²) in [6.45, 7) is 0. The highest BCUT2D eigenvalue weighted by Crippen LogP contribution is 2.51. The summed E-state index contributed by atoms with van der Waals surface area (Å²) in [7, 11) is -4.33. The molecule has 11 rings (SSSR count). The maximum atomic E-state index is 15.1. The molecular formula is C54H36O7P2. The molecule has 0 aliphatic heterocycles. The molecule has 10 aromatic rings. The van der Waals surface area contributed by atoms with Gasteiger partial charge < -0.3 is 27.1 Å². The van der Waals surface area contributed by atoms with Crippen LogP contribution in [0, 0.1) is 0 Å². The Hall–Kier alpha value is -7.43. The zero-order valence-corrected chi connectivity index (χ0v) is 35.4. The number of hydrogen-bond donors (Lipinski definition) is 0. The van der Waals surface area contributed by atoms with E-state index in [-0.39, 0.29) is 5.78 Å². The van der Waals surface area contributed by atoms with Crippen LogP contribution in [-0.4, -0.2) is 5.78 Å². The van der Waals surface area contributed by atoms with Crippen LogP contribution in [0.15, 0.2) is 206 Å². The molecule has 0 unspecified atom stereocenters. The largest absolute Gasteiger partial charge is 0.530 e. The van der Waals surface area contributed by atoms with Crippen molar-refractivity contribution in [3.63, 3.8) is 0 Å². The van der Waals surface area contributed by atoms with Crippen molar-refractivity contribution in [1.29, 1.82) is 0 Å². The first-order valence-corrected chi connectivity index (χ1v) is 22.7. The molecule has 0 N–H and O–H groups in total. The fourth-order valence-corrected chi connectivity index (χ4v) is 10.3. The average molecular weight is 859 g/mol. The van der Waals surface area contributed by atoms with Crippen molar-refractivity contribution >= 4 is 66.1 Å². The predicted molar refractivity (Wildman–Crippen MR) is 253 cm³/mol. The highest BCUT2D eigenvalue weighted by molar-refractivity contribution is 7.43. The van der Waals surface area contributed by atoms with Gasteiger partial charge in [-0.2, -0.15) is 0 Å². The summed E-state index contributed by atoms with van der Waals surface area (Å²) < 4.78 is 40.3. The molecule has 0 saturated carbocycles. The Bertz CT molecular complexity index is 2950. The molecule has 1 aliphatic carbocycles. The molecule has 0 atom stereocenters. The van der Waals surface area contributed by atoms with Gasteiger partial charge in [-0.15, -0.1) is 0 Å². The first-order chi connectivity index (χ1) is 31.1. The summed E-state index contributed by atoms with van der Waals surface area (Å²) in [6.07, 6.45) is 0.462. The minimum absolute atomic E-state index is 0.256. The standard InChI is InChI=1S/C54H36O7P2/c55-54-52-40(23-13-33-50(52)60-62(56-46-29-9-19-36-15-1-5-25-42(36)46)57-47-30-10-20-37-16-2-6-26-43(37)47)35-41-24-14-34-51(53(41)54)61-63(58-48-31-11-21-38-17-3-7-27-44(38)48)59-49-32-12-22-39-18-4-8-28-45(39)49/h1-34H,35H2. The molecule has 0 fully saturated rings. The summed E-state index contributed by atoms with van der Waals surface area (Å²) in [6, 6.07) is 66.8. The van der Waals surface area contributed by atoms with Gasteiger partial charge in [-0.25, -0.2) is 0 Å². The third kappa shape index (κ3) is 7.63. The molecule has 7 nitrogen and oxygen atoms in total. The molecule has 0 bridgehead atoms. The number of benzene rings is 10. The molecule has 0 heterocycles. The zero-order chi connectivity index (χ0) is 42.1. The van der Waals surface area contributed by atoms with E-state index >= 15 is 4.79 Å². The average Bonchev–Trinajstić information content (AvgIpc) is 3.32. The number of carbonyl (C=O) groups is 1. The van der Waals surface area contributed by atoms with Crippen LogP contribution in [0.25, 0.3) is 43.1 Å². The third-order valence-corrected chi connectivity index (χ3v) is 13.2. The minimum Gasteiger partial charge on any atom is -0.408 e. The molecule has 0 radical (unpaired) electrons. The number of rotatable bonds is 12. The Morgan fingerprint density at radius 1 is 0.286 bits per heavy atom. The van der Waals surface area contributed by atoms with Gasteiger partial charge in [0.25, 0.3) is 0 Å². The first-order valence-electron chi connectivity index (χ1n) is 20.5. The van der Waals surface area contributed by atoms with Gasteiger partial charge in [-0.05, 0) is 75.5 Å². The number of ketones is 1. The van der Waals surface area contributed by atoms with Crippen molar-refractivity contribution in [1.82, 2.24) is 0 Å². The summed E-state index contributed by atoms with van der Waals surface area (Å²) in [5.74, 6) is 2.82. The topological polar surface area (TPSA) is 72.5 Å². The maximum Gasteiger partial charge on any atom is 0.530 e. The van der Waals surface area contributed by atoms with E-state index in [1.807, 2.05) is 194 Å². The Morgan fingerprint density at radius 3 is 0.873 bits per heavy atom. The second-order valence-corrected chi connectivity index (χ2v) is 17.0. The second-order valence-electron chi connectivity index (χ2n) is 15.0. The number of carbonyl (C=O) groups excluding carboxylic acids is 1. The van der Waals surface area contributed by atoms with Crippen molar-refractivity contribution in [2.24, 2.45) is 0 Å². The molecule has 0 amide bonds. The summed E-state index contributed by atoms with van der Waals surface area (Å²) >= 11 is 0. The van der Waals surface area contributed by atoms with Gasteiger partial charge in [0.1, 0.15) is 34.5 Å². The van der Waals surface area contributed by atoms with Crippen LogP contribution < -0.4 is 27.1 Å². The predicted octanol–water partition coefficient (Wildman–Crippen LogP) is 15.0. The van der Waals surface area contributed by atoms with E-state index in [1.54, 1.807) is 12.1 Å². The lowest BCUT2D eigenvalue weighted by Crippen LogP contribution is -2.18. The fraction of sp³-hybridized carbons (Fsp3) is 0.0185. The first kappa shape index (κ1) is 38.5. The smallest absolute Gasteiger partial charge is 0.408 e. The van der Waals surface area contributed by atoms with Gasteiger partial charge in [-0.1, -0.05) is 170 Å². The molecular weight excluding hydrogens is 823 g/mol. The van der Waals surface area contributed by atoms with Crippen LogP contribution >= 0.6 is 17.2 Å². The SMILES string of the molecule is O=C1c2c(cccc2OP(Oc2cccc3ccccc23)Oc2cccc3ccccc23)Cc2cccc(OP(Oc3cccc4ccccc34)Oc3cccc4ccccc34)c21. The van der Waals surface area contributed by atoms with Crippen LogP contribution in [0.5, 0.6) is 34.5 Å². The van der Waals surface area contributed by atoms with Gasteiger partial charge in [0.05, 0.1) is 11.1 Å². The summed E-state index contributed by atoms with van der Waals surface area (Å²) in [4.78, 5) is 15.1. The molecule has 10 aromatic carbocycles. The Morgan fingerprint density at radius 2 is 0.540 bits per heavy atom. The van der Waals surface area contributed by atoms with E-state index < -0.39 is 17.2 Å². The van der Waals surface area contributed by atoms with E-state index in [1.165, 1.54) is 0 Å². The molecule has 9 heteroatoms. The molecule has 0 aromatic heterocycles.